The standard InChI is InChI=1S/C13H14FN/c1-2-10-7-13(8-10,9-15)11-3-5-12(14)6-4-11/h3-6,10H,2,7-8H2,1H3. The molecule has 0 spiro atoms. The van der Waals surface area contributed by atoms with Gasteiger partial charge in [-0.3, -0.25) is 0 Å². The Kier molecular flexibility index (Phi) is 2.48. The maximum Gasteiger partial charge on any atom is 0.123 e. The second kappa shape index (κ2) is 3.66. The molecule has 1 aromatic carbocycles. The summed E-state index contributed by atoms with van der Waals surface area (Å²) < 4.78 is 12.8. The van der Waals surface area contributed by atoms with Gasteiger partial charge in [-0.15, -0.1) is 0 Å². The number of halogens is 1. The van der Waals surface area contributed by atoms with E-state index in [4.69, 9.17) is 0 Å². The Bertz CT molecular complexity index is 382. The van der Waals surface area contributed by atoms with Crippen LogP contribution in [0.4, 0.5) is 4.39 Å². The van der Waals surface area contributed by atoms with Crippen molar-refractivity contribution in [2.24, 2.45) is 5.92 Å². The van der Waals surface area contributed by atoms with E-state index in [0.29, 0.717) is 5.92 Å². The summed E-state index contributed by atoms with van der Waals surface area (Å²) in [5.41, 5.74) is 0.630. The molecule has 15 heavy (non-hydrogen) atoms. The molecule has 0 heterocycles. The van der Waals surface area contributed by atoms with Gasteiger partial charge in [0.1, 0.15) is 5.82 Å². The van der Waals surface area contributed by atoms with Gasteiger partial charge >= 0.3 is 0 Å². The highest BCUT2D eigenvalue weighted by atomic mass is 19.1. The van der Waals surface area contributed by atoms with Crippen molar-refractivity contribution in [3.05, 3.63) is 35.6 Å². The van der Waals surface area contributed by atoms with Gasteiger partial charge in [0, 0.05) is 0 Å². The van der Waals surface area contributed by atoms with Gasteiger partial charge in [-0.25, -0.2) is 4.39 Å². The zero-order valence-corrected chi connectivity index (χ0v) is 8.83. The summed E-state index contributed by atoms with van der Waals surface area (Å²) in [6.45, 7) is 2.15. The molecule has 1 nitrogen and oxygen atoms in total. The minimum absolute atomic E-state index is 0.238. The van der Waals surface area contributed by atoms with Crippen molar-refractivity contribution in [1.82, 2.24) is 0 Å². The Morgan fingerprint density at radius 2 is 2.00 bits per heavy atom. The molecule has 0 amide bonds. The first-order valence-corrected chi connectivity index (χ1v) is 5.37. The van der Waals surface area contributed by atoms with E-state index < -0.39 is 0 Å². The quantitative estimate of drug-likeness (QED) is 0.722. The van der Waals surface area contributed by atoms with E-state index in [1.54, 1.807) is 12.1 Å². The molecular weight excluding hydrogens is 189 g/mol. The van der Waals surface area contributed by atoms with E-state index in [2.05, 4.69) is 13.0 Å². The highest BCUT2D eigenvalue weighted by Gasteiger charge is 2.44. The molecule has 1 fully saturated rings. The maximum atomic E-state index is 12.8. The van der Waals surface area contributed by atoms with Crippen molar-refractivity contribution in [3.8, 4) is 6.07 Å². The Morgan fingerprint density at radius 3 is 2.47 bits per heavy atom. The van der Waals surface area contributed by atoms with Crippen molar-refractivity contribution in [2.45, 2.75) is 31.6 Å². The van der Waals surface area contributed by atoms with E-state index in [9.17, 15) is 9.65 Å². The SMILES string of the molecule is CCC1CC(C#N)(c2ccc(F)cc2)C1. The van der Waals surface area contributed by atoms with Crippen molar-refractivity contribution in [2.75, 3.05) is 0 Å². The van der Waals surface area contributed by atoms with Gasteiger partial charge < -0.3 is 0 Å². The maximum absolute atomic E-state index is 12.8. The first-order valence-electron chi connectivity index (χ1n) is 5.37. The number of nitrogens with zero attached hydrogens (tertiary/aromatic N) is 1. The third-order valence-corrected chi connectivity index (χ3v) is 3.46. The molecule has 0 bridgehead atoms. The molecule has 2 heteroatoms. The lowest BCUT2D eigenvalue weighted by atomic mass is 9.59. The highest BCUT2D eigenvalue weighted by Crippen LogP contribution is 2.48. The largest absolute Gasteiger partial charge is 0.207 e. The molecule has 78 valence electrons. The average molecular weight is 203 g/mol. The zero-order valence-electron chi connectivity index (χ0n) is 8.83. The van der Waals surface area contributed by atoms with Crippen LogP contribution >= 0.6 is 0 Å². The molecule has 2 rings (SSSR count). The lowest BCUT2D eigenvalue weighted by Gasteiger charge is -2.42. The molecule has 1 aliphatic rings. The van der Waals surface area contributed by atoms with Gasteiger partial charge in [0.05, 0.1) is 11.5 Å². The van der Waals surface area contributed by atoms with Gasteiger partial charge in [-0.2, -0.15) is 5.26 Å². The van der Waals surface area contributed by atoms with Crippen molar-refractivity contribution in [3.63, 3.8) is 0 Å². The van der Waals surface area contributed by atoms with E-state index in [1.807, 2.05) is 0 Å². The van der Waals surface area contributed by atoms with Crippen LogP contribution < -0.4 is 0 Å². The van der Waals surface area contributed by atoms with Crippen LogP contribution in [0.15, 0.2) is 24.3 Å². The molecule has 0 radical (unpaired) electrons. The van der Waals surface area contributed by atoms with Crippen LogP contribution in [0.5, 0.6) is 0 Å². The third-order valence-electron chi connectivity index (χ3n) is 3.46. The monoisotopic (exact) mass is 203 g/mol. The lowest BCUT2D eigenvalue weighted by Crippen LogP contribution is -2.39. The number of rotatable bonds is 2. The van der Waals surface area contributed by atoms with E-state index in [1.165, 1.54) is 12.1 Å². The minimum atomic E-state index is -0.339. The zero-order chi connectivity index (χ0) is 10.9. The molecule has 0 saturated heterocycles. The molecule has 0 unspecified atom stereocenters. The van der Waals surface area contributed by atoms with Crippen LogP contribution in [-0.2, 0) is 5.41 Å². The number of benzene rings is 1. The minimum Gasteiger partial charge on any atom is -0.207 e. The molecule has 0 atom stereocenters. The third kappa shape index (κ3) is 1.63. The first kappa shape index (κ1) is 10.2. The number of hydrogen-bond donors (Lipinski definition) is 0. The van der Waals surface area contributed by atoms with Gasteiger partial charge in [0.25, 0.3) is 0 Å². The lowest BCUT2D eigenvalue weighted by molar-refractivity contribution is 0.192. The van der Waals surface area contributed by atoms with Gasteiger partial charge in [0.15, 0.2) is 0 Å². The molecule has 1 aliphatic carbocycles. The second-order valence-electron chi connectivity index (χ2n) is 4.38. The van der Waals surface area contributed by atoms with Gasteiger partial charge in [-0.1, -0.05) is 25.5 Å². The van der Waals surface area contributed by atoms with E-state index >= 15 is 0 Å². The summed E-state index contributed by atoms with van der Waals surface area (Å²) in [6, 6.07) is 8.75. The smallest absolute Gasteiger partial charge is 0.123 e. The Labute approximate surface area is 89.5 Å². The summed E-state index contributed by atoms with van der Waals surface area (Å²) >= 11 is 0. The fourth-order valence-corrected chi connectivity index (χ4v) is 2.37. The Hall–Kier alpha value is -1.36. The molecule has 0 N–H and O–H groups in total. The topological polar surface area (TPSA) is 23.8 Å². The molecule has 1 aromatic rings. The fraction of sp³-hybridized carbons (Fsp3) is 0.462. The van der Waals surface area contributed by atoms with Crippen LogP contribution in [0.1, 0.15) is 31.7 Å². The van der Waals surface area contributed by atoms with Crippen molar-refractivity contribution < 1.29 is 4.39 Å². The van der Waals surface area contributed by atoms with Crippen LogP contribution in [0.25, 0.3) is 0 Å². The van der Waals surface area contributed by atoms with Crippen LogP contribution in [0, 0.1) is 23.1 Å². The number of nitriles is 1. The Morgan fingerprint density at radius 1 is 1.40 bits per heavy atom. The van der Waals surface area contributed by atoms with Crippen LogP contribution in [0.2, 0.25) is 0 Å². The van der Waals surface area contributed by atoms with Gasteiger partial charge in [-0.05, 0) is 36.5 Å². The van der Waals surface area contributed by atoms with E-state index in [0.717, 1.165) is 24.8 Å². The summed E-state index contributed by atoms with van der Waals surface area (Å²) in [5.74, 6) is 0.424. The highest BCUT2D eigenvalue weighted by molar-refractivity contribution is 5.36. The molecule has 0 aliphatic heterocycles. The van der Waals surface area contributed by atoms with E-state index in [-0.39, 0.29) is 11.2 Å². The normalized spacial score (nSPS) is 29.3. The number of hydrogen-bond acceptors (Lipinski definition) is 1. The van der Waals surface area contributed by atoms with Crippen LogP contribution in [0.3, 0.4) is 0 Å². The van der Waals surface area contributed by atoms with Crippen molar-refractivity contribution >= 4 is 0 Å². The second-order valence-corrected chi connectivity index (χ2v) is 4.38. The summed E-state index contributed by atoms with van der Waals surface area (Å²) in [6.07, 6.45) is 2.97. The molecule has 0 aromatic heterocycles. The first-order chi connectivity index (χ1) is 7.20. The Balaban J connectivity index is 2.23. The summed E-state index contributed by atoms with van der Waals surface area (Å²) in [5, 5.41) is 9.23. The predicted octanol–water partition coefficient (Wildman–Crippen LogP) is 3.41. The molecular formula is C13H14FN. The van der Waals surface area contributed by atoms with Crippen LogP contribution in [-0.4, -0.2) is 0 Å². The van der Waals surface area contributed by atoms with Gasteiger partial charge in [0.2, 0.25) is 0 Å². The average Bonchev–Trinajstić information content (AvgIpc) is 2.20. The molecule has 1 saturated carbocycles. The summed E-state index contributed by atoms with van der Waals surface area (Å²) in [7, 11) is 0. The fourth-order valence-electron chi connectivity index (χ4n) is 2.37. The summed E-state index contributed by atoms with van der Waals surface area (Å²) in [4.78, 5) is 0. The predicted molar refractivity (Wildman–Crippen MR) is 56.7 cm³/mol. The van der Waals surface area contributed by atoms with Crippen molar-refractivity contribution in [1.29, 1.82) is 5.26 Å².